The highest BCUT2D eigenvalue weighted by atomic mass is 16.6. The van der Waals surface area contributed by atoms with Gasteiger partial charge in [-0.15, -0.1) is 0 Å². The SMILES string of the molecule is CC(=O)O[C@@H]1[C@H](C)/C=C/C(C)(C)C(=O)C[C@@H](O)/C(C)=C/[C@H]2[C@@H](OC(=O)c3ccccc3)[C@@H](C)C[C@]12OC(C)=O. The Kier molecular flexibility index (Phi) is 9.21. The number of aliphatic hydroxyl groups is 1. The van der Waals surface area contributed by atoms with E-state index in [1.54, 1.807) is 69.3 Å². The number of ether oxygens (including phenoxy) is 3. The molecule has 1 fully saturated rings. The maximum atomic E-state index is 13.2. The highest BCUT2D eigenvalue weighted by molar-refractivity contribution is 5.89. The highest BCUT2D eigenvalue weighted by Gasteiger charge is 2.62. The molecule has 2 aliphatic rings. The van der Waals surface area contributed by atoms with Gasteiger partial charge in [-0.25, -0.2) is 4.79 Å². The highest BCUT2D eigenvalue weighted by Crippen LogP contribution is 2.51. The van der Waals surface area contributed by atoms with Crippen molar-refractivity contribution in [2.24, 2.45) is 23.2 Å². The molecule has 7 atom stereocenters. The van der Waals surface area contributed by atoms with Crippen LogP contribution in [0.1, 0.15) is 71.7 Å². The van der Waals surface area contributed by atoms with Gasteiger partial charge in [-0.05, 0) is 50.8 Å². The molecule has 8 heteroatoms. The zero-order valence-electron chi connectivity index (χ0n) is 23.8. The second kappa shape index (κ2) is 11.9. The Morgan fingerprint density at radius 3 is 2.23 bits per heavy atom. The molecule has 0 bridgehead atoms. The number of Topliss-reactive ketones (excluding diaryl/α,β-unsaturated/α-hetero) is 1. The first-order valence-corrected chi connectivity index (χ1v) is 13.4. The first-order chi connectivity index (χ1) is 18.2. The molecule has 212 valence electrons. The zero-order valence-corrected chi connectivity index (χ0v) is 23.8. The van der Waals surface area contributed by atoms with Crippen LogP contribution in [0.2, 0.25) is 0 Å². The molecule has 1 aromatic carbocycles. The summed E-state index contributed by atoms with van der Waals surface area (Å²) in [4.78, 5) is 51.2. The van der Waals surface area contributed by atoms with Crippen molar-refractivity contribution in [3.05, 3.63) is 59.7 Å². The average Bonchev–Trinajstić information content (AvgIpc) is 3.10. The Bertz CT molecular complexity index is 1150. The Labute approximate surface area is 230 Å². The van der Waals surface area contributed by atoms with Crippen LogP contribution >= 0.6 is 0 Å². The number of benzene rings is 1. The van der Waals surface area contributed by atoms with Crippen LogP contribution in [0.4, 0.5) is 0 Å². The second-order valence-corrected chi connectivity index (χ2v) is 11.5. The first-order valence-electron chi connectivity index (χ1n) is 13.4. The lowest BCUT2D eigenvalue weighted by Gasteiger charge is -2.43. The van der Waals surface area contributed by atoms with Gasteiger partial charge in [0.1, 0.15) is 18.0 Å². The summed E-state index contributed by atoms with van der Waals surface area (Å²) in [6, 6.07) is 8.56. The standard InChI is InChI=1S/C31H40O8/c1-18-13-14-30(6,7)26(35)16-25(34)19(2)15-24-27(38-29(36)23-11-9-8-10-12-23)20(3)17-31(24,39-22(5)33)28(18)37-21(4)32/h8-15,18,20,24-25,27-28,34H,16-17H2,1-7H3/b14-13+,19-15+/t18-,20+,24+,25-,27+,28-,31-/m1/s1. The number of hydrogen-bond donors (Lipinski definition) is 1. The van der Waals surface area contributed by atoms with Gasteiger partial charge in [0.15, 0.2) is 5.60 Å². The molecule has 0 saturated heterocycles. The van der Waals surface area contributed by atoms with Gasteiger partial charge in [-0.2, -0.15) is 0 Å². The molecule has 0 amide bonds. The minimum atomic E-state index is -1.41. The van der Waals surface area contributed by atoms with Gasteiger partial charge in [-0.3, -0.25) is 14.4 Å². The van der Waals surface area contributed by atoms with Crippen LogP contribution in [-0.4, -0.2) is 52.7 Å². The second-order valence-electron chi connectivity index (χ2n) is 11.5. The lowest BCUT2D eigenvalue weighted by molar-refractivity contribution is -0.195. The molecule has 2 aliphatic carbocycles. The van der Waals surface area contributed by atoms with E-state index in [4.69, 9.17) is 14.2 Å². The van der Waals surface area contributed by atoms with Crippen LogP contribution in [0.3, 0.4) is 0 Å². The Balaban J connectivity index is 2.23. The summed E-state index contributed by atoms with van der Waals surface area (Å²) < 4.78 is 18.0. The Hall–Kier alpha value is -3.26. The minimum Gasteiger partial charge on any atom is -0.458 e. The number of rotatable bonds is 4. The van der Waals surface area contributed by atoms with E-state index in [9.17, 15) is 24.3 Å². The molecule has 0 spiro atoms. The largest absolute Gasteiger partial charge is 0.458 e. The zero-order chi connectivity index (χ0) is 29.1. The molecule has 0 radical (unpaired) electrons. The van der Waals surface area contributed by atoms with Gasteiger partial charge in [0.2, 0.25) is 0 Å². The molecule has 1 N–H and O–H groups in total. The number of hydrogen-bond acceptors (Lipinski definition) is 8. The van der Waals surface area contributed by atoms with Gasteiger partial charge >= 0.3 is 17.9 Å². The minimum absolute atomic E-state index is 0.112. The van der Waals surface area contributed by atoms with Crippen molar-refractivity contribution in [2.75, 3.05) is 0 Å². The molecule has 1 aromatic rings. The molecular weight excluding hydrogens is 500 g/mol. The maximum absolute atomic E-state index is 13.2. The molecule has 0 unspecified atom stereocenters. The molecular formula is C31H40O8. The number of carbonyl (C=O) groups is 4. The van der Waals surface area contributed by atoms with Gasteiger partial charge in [0.25, 0.3) is 0 Å². The maximum Gasteiger partial charge on any atom is 0.338 e. The van der Waals surface area contributed by atoms with Gasteiger partial charge in [0.05, 0.1) is 17.6 Å². The van der Waals surface area contributed by atoms with E-state index >= 15 is 0 Å². The number of ketones is 1. The van der Waals surface area contributed by atoms with Crippen LogP contribution in [0.15, 0.2) is 54.1 Å². The first kappa shape index (κ1) is 30.3. The lowest BCUT2D eigenvalue weighted by Crippen LogP contribution is -2.55. The van der Waals surface area contributed by atoms with Crippen molar-refractivity contribution in [2.45, 2.75) is 85.2 Å². The number of aliphatic hydroxyl groups excluding tert-OH is 1. The van der Waals surface area contributed by atoms with Crippen LogP contribution in [0.5, 0.6) is 0 Å². The van der Waals surface area contributed by atoms with E-state index in [1.165, 1.54) is 13.8 Å². The van der Waals surface area contributed by atoms with Crippen LogP contribution in [0.25, 0.3) is 0 Å². The van der Waals surface area contributed by atoms with E-state index in [1.807, 2.05) is 13.8 Å². The summed E-state index contributed by atoms with van der Waals surface area (Å²) in [5.41, 5.74) is -1.46. The molecule has 0 aromatic heterocycles. The lowest BCUT2D eigenvalue weighted by atomic mass is 9.75. The average molecular weight is 541 g/mol. The third-order valence-corrected chi connectivity index (χ3v) is 7.84. The smallest absolute Gasteiger partial charge is 0.338 e. The summed E-state index contributed by atoms with van der Waals surface area (Å²) in [7, 11) is 0. The summed E-state index contributed by atoms with van der Waals surface area (Å²) in [6.07, 6.45) is 2.53. The van der Waals surface area contributed by atoms with Gasteiger partial charge < -0.3 is 19.3 Å². The van der Waals surface area contributed by atoms with E-state index in [0.717, 1.165) is 0 Å². The van der Waals surface area contributed by atoms with E-state index in [-0.39, 0.29) is 24.5 Å². The molecule has 0 heterocycles. The normalized spacial score (nSPS) is 34.8. The molecule has 1 saturated carbocycles. The number of carbonyl (C=O) groups excluding carboxylic acids is 4. The van der Waals surface area contributed by atoms with Gasteiger partial charge in [-0.1, -0.05) is 50.3 Å². The fourth-order valence-electron chi connectivity index (χ4n) is 5.73. The monoisotopic (exact) mass is 540 g/mol. The van der Waals surface area contributed by atoms with Crippen LogP contribution in [0, 0.1) is 23.2 Å². The summed E-state index contributed by atoms with van der Waals surface area (Å²) in [5, 5.41) is 11.0. The fraction of sp³-hybridized carbons (Fsp3) is 0.548. The topological polar surface area (TPSA) is 116 Å². The van der Waals surface area contributed by atoms with Crippen molar-refractivity contribution in [3.63, 3.8) is 0 Å². The number of esters is 3. The molecule has 0 aliphatic heterocycles. The number of fused-ring (bicyclic) bond motifs is 1. The van der Waals surface area contributed by atoms with E-state index in [2.05, 4.69) is 0 Å². The molecule has 39 heavy (non-hydrogen) atoms. The molecule has 8 nitrogen and oxygen atoms in total. The summed E-state index contributed by atoms with van der Waals surface area (Å²) in [5.74, 6) is -3.40. The van der Waals surface area contributed by atoms with Crippen molar-refractivity contribution >= 4 is 23.7 Å². The van der Waals surface area contributed by atoms with Crippen molar-refractivity contribution < 1.29 is 38.5 Å². The predicted molar refractivity (Wildman–Crippen MR) is 144 cm³/mol. The van der Waals surface area contributed by atoms with Crippen molar-refractivity contribution in [1.82, 2.24) is 0 Å². The molecule has 3 rings (SSSR count). The van der Waals surface area contributed by atoms with Crippen molar-refractivity contribution in [3.8, 4) is 0 Å². The van der Waals surface area contributed by atoms with Gasteiger partial charge in [0, 0.05) is 31.6 Å². The fourth-order valence-corrected chi connectivity index (χ4v) is 5.73. The third-order valence-electron chi connectivity index (χ3n) is 7.84. The summed E-state index contributed by atoms with van der Waals surface area (Å²) in [6.45, 7) is 11.5. The number of allylic oxidation sites excluding steroid dienone is 1. The van der Waals surface area contributed by atoms with Crippen LogP contribution in [-0.2, 0) is 28.6 Å². The quantitative estimate of drug-likeness (QED) is 0.335. The Morgan fingerprint density at radius 1 is 1.00 bits per heavy atom. The van der Waals surface area contributed by atoms with Crippen molar-refractivity contribution in [1.29, 1.82) is 0 Å². The van der Waals surface area contributed by atoms with E-state index in [0.29, 0.717) is 11.1 Å². The third kappa shape index (κ3) is 6.67. The Morgan fingerprint density at radius 2 is 1.64 bits per heavy atom. The predicted octanol–water partition coefficient (Wildman–Crippen LogP) is 4.60. The summed E-state index contributed by atoms with van der Waals surface area (Å²) >= 11 is 0. The van der Waals surface area contributed by atoms with E-state index < -0.39 is 59.1 Å². The van der Waals surface area contributed by atoms with Crippen LogP contribution < -0.4 is 0 Å².